The van der Waals surface area contributed by atoms with Crippen molar-refractivity contribution in [1.29, 1.82) is 0 Å². The normalized spacial score (nSPS) is 11.3. The van der Waals surface area contributed by atoms with Crippen LogP contribution in [-0.2, 0) is 9.53 Å². The number of ketones is 1. The molecule has 1 N–H and O–H groups in total. The summed E-state index contributed by atoms with van der Waals surface area (Å²) in [6.07, 6.45) is 0. The summed E-state index contributed by atoms with van der Waals surface area (Å²) in [6, 6.07) is 12.1. The Morgan fingerprint density at radius 2 is 1.77 bits per heavy atom. The molecule has 0 fully saturated rings. The van der Waals surface area contributed by atoms with Gasteiger partial charge in [0.1, 0.15) is 11.8 Å². The zero-order valence-corrected chi connectivity index (χ0v) is 15.1. The van der Waals surface area contributed by atoms with E-state index < -0.39 is 30.3 Å². The molecule has 1 atom stereocenters. The number of methoxy groups -OCH3 is 1. The van der Waals surface area contributed by atoms with Gasteiger partial charge in [0.2, 0.25) is 0 Å². The van der Waals surface area contributed by atoms with Gasteiger partial charge in [-0.05, 0) is 37.3 Å². The summed E-state index contributed by atoms with van der Waals surface area (Å²) in [6.45, 7) is 1.03. The summed E-state index contributed by atoms with van der Waals surface area (Å²) in [5.41, 5.74) is 0.723. The smallest absolute Gasteiger partial charge is 0.328 e. The van der Waals surface area contributed by atoms with Crippen LogP contribution in [0.2, 0.25) is 5.02 Å². The topological polar surface area (TPSA) is 81.7 Å². The second-order valence-corrected chi connectivity index (χ2v) is 5.85. The van der Waals surface area contributed by atoms with E-state index in [1.807, 2.05) is 0 Å². The molecule has 0 saturated heterocycles. The fourth-order valence-electron chi connectivity index (χ4n) is 2.11. The van der Waals surface area contributed by atoms with E-state index in [1.165, 1.54) is 26.2 Å². The van der Waals surface area contributed by atoms with E-state index >= 15 is 0 Å². The van der Waals surface area contributed by atoms with E-state index in [0.717, 1.165) is 0 Å². The summed E-state index contributed by atoms with van der Waals surface area (Å²) >= 11 is 5.97. The predicted octanol–water partition coefficient (Wildman–Crippen LogP) is 2.89. The molecule has 6 nitrogen and oxygen atoms in total. The van der Waals surface area contributed by atoms with E-state index in [9.17, 15) is 14.4 Å². The highest BCUT2D eigenvalue weighted by Crippen LogP contribution is 2.25. The quantitative estimate of drug-likeness (QED) is 0.594. The van der Waals surface area contributed by atoms with Crippen molar-refractivity contribution in [3.63, 3.8) is 0 Å². The number of hydrogen-bond donors (Lipinski definition) is 1. The molecule has 2 aromatic carbocycles. The molecule has 0 saturated carbocycles. The number of benzene rings is 2. The lowest BCUT2D eigenvalue weighted by Crippen LogP contribution is -2.40. The molecule has 0 aliphatic carbocycles. The Morgan fingerprint density at radius 1 is 1.08 bits per heavy atom. The number of carbonyl (C=O) groups excluding carboxylic acids is 3. The Kier molecular flexibility index (Phi) is 6.74. The van der Waals surface area contributed by atoms with Crippen LogP contribution >= 0.6 is 11.6 Å². The molecule has 0 aliphatic heterocycles. The molecule has 26 heavy (non-hydrogen) atoms. The highest BCUT2D eigenvalue weighted by molar-refractivity contribution is 6.32. The Hall–Kier alpha value is -2.86. The number of nitrogens with one attached hydrogen (secondary N) is 1. The molecule has 0 spiro atoms. The number of halogens is 1. The van der Waals surface area contributed by atoms with Gasteiger partial charge in [-0.25, -0.2) is 4.79 Å². The number of rotatable bonds is 7. The zero-order valence-electron chi connectivity index (χ0n) is 14.3. The van der Waals surface area contributed by atoms with Gasteiger partial charge >= 0.3 is 5.97 Å². The molecule has 1 amide bonds. The lowest BCUT2D eigenvalue weighted by atomic mass is 10.1. The summed E-state index contributed by atoms with van der Waals surface area (Å²) < 4.78 is 9.99. The lowest BCUT2D eigenvalue weighted by Gasteiger charge is -2.13. The van der Waals surface area contributed by atoms with E-state index in [1.54, 1.807) is 36.4 Å². The second-order valence-electron chi connectivity index (χ2n) is 5.44. The molecular weight excluding hydrogens is 358 g/mol. The van der Waals surface area contributed by atoms with E-state index in [-0.39, 0.29) is 5.02 Å². The molecule has 0 unspecified atom stereocenters. The first-order chi connectivity index (χ1) is 12.4. The average Bonchev–Trinajstić information content (AvgIpc) is 2.66. The number of hydrogen-bond acceptors (Lipinski definition) is 5. The molecule has 2 rings (SSSR count). The van der Waals surface area contributed by atoms with Crippen LogP contribution in [0.1, 0.15) is 27.6 Å². The van der Waals surface area contributed by atoms with Crippen LogP contribution in [0.25, 0.3) is 0 Å². The fraction of sp³-hybridized carbons (Fsp3) is 0.211. The van der Waals surface area contributed by atoms with Crippen molar-refractivity contribution in [3.8, 4) is 5.75 Å². The Balaban J connectivity index is 1.88. The van der Waals surface area contributed by atoms with Crippen molar-refractivity contribution in [2.75, 3.05) is 13.7 Å². The number of Topliss-reactive ketones (excluding diaryl/α,β-unsaturated/α-hetero) is 1. The van der Waals surface area contributed by atoms with Crippen molar-refractivity contribution >= 4 is 29.3 Å². The number of ether oxygens (including phenoxy) is 2. The third-order valence-corrected chi connectivity index (χ3v) is 3.85. The summed E-state index contributed by atoms with van der Waals surface area (Å²) in [5, 5.41) is 2.81. The van der Waals surface area contributed by atoms with Gasteiger partial charge in [-0.3, -0.25) is 9.59 Å². The first-order valence-electron chi connectivity index (χ1n) is 7.81. The lowest BCUT2D eigenvalue weighted by molar-refractivity contribution is -0.144. The van der Waals surface area contributed by atoms with Gasteiger partial charge in [0.05, 0.1) is 12.1 Å². The Labute approximate surface area is 156 Å². The van der Waals surface area contributed by atoms with Gasteiger partial charge in [0.15, 0.2) is 12.4 Å². The fourth-order valence-corrected chi connectivity index (χ4v) is 2.37. The number of carbonyl (C=O) groups is 3. The van der Waals surface area contributed by atoms with E-state index in [0.29, 0.717) is 16.9 Å². The summed E-state index contributed by atoms with van der Waals surface area (Å²) in [7, 11) is 1.47. The van der Waals surface area contributed by atoms with Crippen LogP contribution < -0.4 is 10.1 Å². The van der Waals surface area contributed by atoms with Crippen LogP contribution in [0, 0.1) is 0 Å². The third kappa shape index (κ3) is 5.07. The molecule has 0 aliphatic rings. The molecule has 0 bridgehead atoms. The molecular formula is C19H18ClNO5. The standard InChI is InChI=1S/C19H18ClNO5/c1-12(21-18(23)13-6-4-3-5-7-13)19(24)26-11-16(22)14-8-9-17(25-2)15(20)10-14/h3-10,12H,11H2,1-2H3,(H,21,23)/t12-/m0/s1. The first-order valence-corrected chi connectivity index (χ1v) is 8.19. The van der Waals surface area contributed by atoms with E-state index in [2.05, 4.69) is 5.32 Å². The molecule has 2 aromatic rings. The van der Waals surface area contributed by atoms with Crippen LogP contribution in [0.4, 0.5) is 0 Å². The third-order valence-electron chi connectivity index (χ3n) is 3.56. The number of esters is 1. The van der Waals surface area contributed by atoms with Gasteiger partial charge < -0.3 is 14.8 Å². The maximum Gasteiger partial charge on any atom is 0.328 e. The van der Waals surface area contributed by atoms with Crippen molar-refractivity contribution in [1.82, 2.24) is 5.32 Å². The Morgan fingerprint density at radius 3 is 2.38 bits per heavy atom. The minimum absolute atomic E-state index is 0.285. The molecule has 0 aromatic heterocycles. The molecule has 0 heterocycles. The van der Waals surface area contributed by atoms with Gasteiger partial charge in [0, 0.05) is 11.1 Å². The molecule has 7 heteroatoms. The van der Waals surface area contributed by atoms with Crippen molar-refractivity contribution < 1.29 is 23.9 Å². The summed E-state index contributed by atoms with van der Waals surface area (Å²) in [5.74, 6) is -1.08. The minimum Gasteiger partial charge on any atom is -0.495 e. The van der Waals surface area contributed by atoms with Crippen LogP contribution in [0.15, 0.2) is 48.5 Å². The highest BCUT2D eigenvalue weighted by Gasteiger charge is 2.19. The van der Waals surface area contributed by atoms with Gasteiger partial charge in [0.25, 0.3) is 5.91 Å². The van der Waals surface area contributed by atoms with E-state index in [4.69, 9.17) is 21.1 Å². The summed E-state index contributed by atoms with van der Waals surface area (Å²) in [4.78, 5) is 36.1. The van der Waals surface area contributed by atoms with Crippen molar-refractivity contribution in [2.45, 2.75) is 13.0 Å². The van der Waals surface area contributed by atoms with Gasteiger partial charge in [-0.2, -0.15) is 0 Å². The van der Waals surface area contributed by atoms with Crippen LogP contribution in [0.5, 0.6) is 5.75 Å². The van der Waals surface area contributed by atoms with Gasteiger partial charge in [-0.15, -0.1) is 0 Å². The second kappa shape index (κ2) is 9.01. The highest BCUT2D eigenvalue weighted by atomic mass is 35.5. The molecule has 0 radical (unpaired) electrons. The minimum atomic E-state index is -0.894. The van der Waals surface area contributed by atoms with Gasteiger partial charge in [-0.1, -0.05) is 29.8 Å². The largest absolute Gasteiger partial charge is 0.495 e. The molecule has 136 valence electrons. The first kappa shape index (κ1) is 19.5. The van der Waals surface area contributed by atoms with Crippen LogP contribution in [0.3, 0.4) is 0 Å². The monoisotopic (exact) mass is 375 g/mol. The predicted molar refractivity (Wildman–Crippen MR) is 96.7 cm³/mol. The SMILES string of the molecule is COc1ccc(C(=O)COC(=O)[C@H](C)NC(=O)c2ccccc2)cc1Cl. The van der Waals surface area contributed by atoms with Crippen molar-refractivity contribution in [3.05, 3.63) is 64.7 Å². The average molecular weight is 376 g/mol. The Bertz CT molecular complexity index is 807. The van der Waals surface area contributed by atoms with Crippen LogP contribution in [-0.4, -0.2) is 37.4 Å². The number of amides is 1. The maximum atomic E-state index is 12.1. The van der Waals surface area contributed by atoms with Crippen molar-refractivity contribution in [2.24, 2.45) is 0 Å². The maximum absolute atomic E-state index is 12.1. The zero-order chi connectivity index (χ0) is 19.1.